The van der Waals surface area contributed by atoms with E-state index >= 15 is 0 Å². The first-order chi connectivity index (χ1) is 10.1. The first-order valence-corrected chi connectivity index (χ1v) is 7.70. The molecule has 0 aromatic heterocycles. The van der Waals surface area contributed by atoms with Gasteiger partial charge in [0.05, 0.1) is 12.1 Å². The van der Waals surface area contributed by atoms with E-state index in [9.17, 15) is 14.7 Å². The fraction of sp³-hybridized carbons (Fsp3) is 0.529. The predicted octanol–water partition coefficient (Wildman–Crippen LogP) is 2.80. The van der Waals surface area contributed by atoms with Crippen molar-refractivity contribution in [2.45, 2.75) is 51.9 Å². The molecule has 1 aromatic rings. The van der Waals surface area contributed by atoms with E-state index in [4.69, 9.17) is 5.73 Å². The van der Waals surface area contributed by atoms with Gasteiger partial charge in [-0.1, -0.05) is 51.2 Å². The van der Waals surface area contributed by atoms with Gasteiger partial charge in [0.1, 0.15) is 0 Å². The number of aromatic hydroxyl groups is 1. The standard InChI is InChI=1S/C17H25NO3/c1-2-3-4-5-6-7-9-13-10-8-11-14(19)17(21)16(13)15(20)12-18/h8,10-11H,2-7,9,12,18H2,1H3,(H,19,21). The molecule has 0 aliphatic carbocycles. The van der Waals surface area contributed by atoms with Gasteiger partial charge in [-0.15, -0.1) is 0 Å². The molecule has 116 valence electrons. The fourth-order valence-corrected chi connectivity index (χ4v) is 2.41. The van der Waals surface area contributed by atoms with Gasteiger partial charge in [-0.3, -0.25) is 9.59 Å². The molecule has 0 bridgehead atoms. The molecule has 4 nitrogen and oxygen atoms in total. The van der Waals surface area contributed by atoms with Gasteiger partial charge in [0.25, 0.3) is 0 Å². The molecule has 0 aliphatic heterocycles. The third-order valence-electron chi connectivity index (χ3n) is 3.60. The van der Waals surface area contributed by atoms with Crippen molar-refractivity contribution in [1.29, 1.82) is 0 Å². The van der Waals surface area contributed by atoms with E-state index in [1.165, 1.54) is 31.7 Å². The number of hydrogen-bond acceptors (Lipinski definition) is 4. The first-order valence-electron chi connectivity index (χ1n) is 7.70. The van der Waals surface area contributed by atoms with Gasteiger partial charge in [-0.2, -0.15) is 0 Å². The van der Waals surface area contributed by atoms with Gasteiger partial charge in [0.15, 0.2) is 11.5 Å². The summed E-state index contributed by atoms with van der Waals surface area (Å²) < 4.78 is 0. The van der Waals surface area contributed by atoms with E-state index in [-0.39, 0.29) is 17.9 Å². The van der Waals surface area contributed by atoms with E-state index in [2.05, 4.69) is 6.92 Å². The van der Waals surface area contributed by atoms with Crippen LogP contribution in [0.5, 0.6) is 5.75 Å². The minimum Gasteiger partial charge on any atom is -0.504 e. The molecular formula is C17H25NO3. The Labute approximate surface area is 126 Å². The highest BCUT2D eigenvalue weighted by Crippen LogP contribution is 2.19. The molecule has 0 fully saturated rings. The van der Waals surface area contributed by atoms with Gasteiger partial charge in [0, 0.05) is 0 Å². The van der Waals surface area contributed by atoms with Crippen molar-refractivity contribution in [3.05, 3.63) is 39.5 Å². The summed E-state index contributed by atoms with van der Waals surface area (Å²) in [6, 6.07) is 4.59. The molecule has 1 rings (SSSR count). The lowest BCUT2D eigenvalue weighted by molar-refractivity contribution is 0.0998. The van der Waals surface area contributed by atoms with Crippen molar-refractivity contribution in [3.8, 4) is 5.75 Å². The van der Waals surface area contributed by atoms with Crippen LogP contribution in [0.1, 0.15) is 61.4 Å². The Kier molecular flexibility index (Phi) is 7.69. The molecular weight excluding hydrogens is 266 g/mol. The number of aryl methyl sites for hydroxylation is 1. The van der Waals surface area contributed by atoms with Gasteiger partial charge >= 0.3 is 0 Å². The lowest BCUT2D eigenvalue weighted by atomic mass is 9.99. The van der Waals surface area contributed by atoms with E-state index < -0.39 is 11.2 Å². The van der Waals surface area contributed by atoms with Crippen molar-refractivity contribution >= 4 is 5.78 Å². The molecule has 0 saturated heterocycles. The number of rotatable bonds is 9. The molecule has 0 aliphatic rings. The maximum Gasteiger partial charge on any atom is 0.220 e. The number of carbonyl (C=O) groups excluding carboxylic acids is 1. The Morgan fingerprint density at radius 3 is 2.48 bits per heavy atom. The number of Topliss-reactive ketones (excluding diaryl/α,β-unsaturated/α-hetero) is 1. The summed E-state index contributed by atoms with van der Waals surface area (Å²) in [4.78, 5) is 23.5. The molecule has 0 spiro atoms. The van der Waals surface area contributed by atoms with Crippen LogP contribution >= 0.6 is 0 Å². The summed E-state index contributed by atoms with van der Waals surface area (Å²) in [6.07, 6.45) is 7.55. The van der Waals surface area contributed by atoms with Crippen LogP contribution in [0.3, 0.4) is 0 Å². The quantitative estimate of drug-likeness (QED) is 0.541. The molecule has 3 N–H and O–H groups in total. The van der Waals surface area contributed by atoms with Crippen LogP contribution in [-0.4, -0.2) is 17.4 Å². The zero-order chi connectivity index (χ0) is 15.7. The maximum absolute atomic E-state index is 11.9. The molecule has 0 heterocycles. The highest BCUT2D eigenvalue weighted by atomic mass is 16.3. The number of unbranched alkanes of at least 4 members (excludes halogenated alkanes) is 5. The summed E-state index contributed by atoms with van der Waals surface area (Å²) in [6.45, 7) is 1.97. The minimum absolute atomic E-state index is 0.0982. The molecule has 0 radical (unpaired) electrons. The summed E-state index contributed by atoms with van der Waals surface area (Å²) in [7, 11) is 0. The number of carbonyl (C=O) groups is 1. The molecule has 0 atom stereocenters. The Morgan fingerprint density at radius 2 is 1.81 bits per heavy atom. The second kappa shape index (κ2) is 9.29. The number of hydrogen-bond donors (Lipinski definition) is 2. The maximum atomic E-state index is 11.9. The van der Waals surface area contributed by atoms with E-state index in [1.807, 2.05) is 0 Å². The molecule has 4 heteroatoms. The monoisotopic (exact) mass is 291 g/mol. The van der Waals surface area contributed by atoms with Crippen molar-refractivity contribution in [2.75, 3.05) is 6.54 Å². The third-order valence-corrected chi connectivity index (χ3v) is 3.60. The van der Waals surface area contributed by atoms with Gasteiger partial charge in [0.2, 0.25) is 5.43 Å². The van der Waals surface area contributed by atoms with Crippen molar-refractivity contribution < 1.29 is 9.90 Å². The zero-order valence-electron chi connectivity index (χ0n) is 12.7. The van der Waals surface area contributed by atoms with Crippen LogP contribution < -0.4 is 11.2 Å². The Hall–Kier alpha value is -1.68. The van der Waals surface area contributed by atoms with Gasteiger partial charge < -0.3 is 10.8 Å². The van der Waals surface area contributed by atoms with Crippen LogP contribution in [-0.2, 0) is 6.42 Å². The lowest BCUT2D eigenvalue weighted by Gasteiger charge is -2.06. The van der Waals surface area contributed by atoms with Crippen LogP contribution in [0.15, 0.2) is 23.0 Å². The van der Waals surface area contributed by atoms with Crippen LogP contribution in [0, 0.1) is 0 Å². The predicted molar refractivity (Wildman–Crippen MR) is 84.8 cm³/mol. The van der Waals surface area contributed by atoms with E-state index in [0.29, 0.717) is 12.0 Å². The smallest absolute Gasteiger partial charge is 0.220 e. The highest BCUT2D eigenvalue weighted by molar-refractivity contribution is 6.01. The molecule has 0 unspecified atom stereocenters. The first kappa shape index (κ1) is 17.4. The summed E-state index contributed by atoms with van der Waals surface area (Å²) in [5.74, 6) is -0.863. The van der Waals surface area contributed by atoms with Gasteiger partial charge in [-0.05, 0) is 24.5 Å². The molecule has 0 amide bonds. The average Bonchev–Trinajstić information content (AvgIpc) is 2.62. The number of ketones is 1. The summed E-state index contributed by atoms with van der Waals surface area (Å²) in [5, 5.41) is 9.92. The molecule has 21 heavy (non-hydrogen) atoms. The minimum atomic E-state index is -0.541. The Balaban J connectivity index is 2.82. The second-order valence-electron chi connectivity index (χ2n) is 5.28. The molecule has 0 saturated carbocycles. The summed E-state index contributed by atoms with van der Waals surface area (Å²) in [5.41, 5.74) is 5.65. The topological polar surface area (TPSA) is 80.4 Å². The van der Waals surface area contributed by atoms with E-state index in [0.717, 1.165) is 12.8 Å². The van der Waals surface area contributed by atoms with Crippen LogP contribution in [0.25, 0.3) is 0 Å². The normalized spacial score (nSPS) is 10.6. The van der Waals surface area contributed by atoms with Crippen LogP contribution in [0.2, 0.25) is 0 Å². The largest absolute Gasteiger partial charge is 0.504 e. The van der Waals surface area contributed by atoms with Crippen molar-refractivity contribution in [3.63, 3.8) is 0 Å². The lowest BCUT2D eigenvalue weighted by Crippen LogP contribution is -2.16. The van der Waals surface area contributed by atoms with Crippen molar-refractivity contribution in [1.82, 2.24) is 0 Å². The van der Waals surface area contributed by atoms with Gasteiger partial charge in [-0.25, -0.2) is 0 Å². The van der Waals surface area contributed by atoms with E-state index in [1.54, 1.807) is 12.1 Å². The van der Waals surface area contributed by atoms with Crippen molar-refractivity contribution in [2.24, 2.45) is 5.73 Å². The van der Waals surface area contributed by atoms with Crippen LogP contribution in [0.4, 0.5) is 0 Å². The Bertz CT molecular complexity index is 526. The average molecular weight is 291 g/mol. The Morgan fingerprint density at radius 1 is 1.14 bits per heavy atom. The zero-order valence-corrected chi connectivity index (χ0v) is 12.7. The summed E-state index contributed by atoms with van der Waals surface area (Å²) >= 11 is 0. The number of nitrogens with two attached hydrogens (primary N) is 1. The third kappa shape index (κ3) is 5.31. The second-order valence-corrected chi connectivity index (χ2v) is 5.28. The highest BCUT2D eigenvalue weighted by Gasteiger charge is 2.15. The fourth-order valence-electron chi connectivity index (χ4n) is 2.41. The molecule has 1 aromatic carbocycles. The SMILES string of the molecule is CCCCCCCCc1cccc(=O)c(O)c1C(=O)CN.